The van der Waals surface area contributed by atoms with Crippen LogP contribution in [-0.2, 0) is 4.79 Å². The van der Waals surface area contributed by atoms with Crippen LogP contribution in [0.3, 0.4) is 0 Å². The highest BCUT2D eigenvalue weighted by Crippen LogP contribution is 2.26. The van der Waals surface area contributed by atoms with Gasteiger partial charge in [-0.15, -0.1) is 0 Å². The molecule has 6 heteroatoms. The van der Waals surface area contributed by atoms with E-state index in [4.69, 9.17) is 0 Å². The van der Waals surface area contributed by atoms with E-state index in [0.717, 1.165) is 34.7 Å². The highest BCUT2D eigenvalue weighted by molar-refractivity contribution is 8.00. The first kappa shape index (κ1) is 17.0. The van der Waals surface area contributed by atoms with Crippen molar-refractivity contribution in [1.82, 2.24) is 15.4 Å². The van der Waals surface area contributed by atoms with E-state index in [1.54, 1.807) is 0 Å². The van der Waals surface area contributed by atoms with Crippen LogP contribution in [0, 0.1) is 5.92 Å². The molecule has 1 aromatic carbocycles. The molecule has 1 aliphatic rings. The third-order valence-corrected chi connectivity index (χ3v) is 5.73. The molecule has 1 saturated carbocycles. The highest BCUT2D eigenvalue weighted by atomic mass is 32.2. The van der Waals surface area contributed by atoms with Crippen molar-refractivity contribution in [1.29, 1.82) is 0 Å². The van der Waals surface area contributed by atoms with Crippen molar-refractivity contribution in [2.45, 2.75) is 56.4 Å². The third kappa shape index (κ3) is 3.98. The molecular weight excluding hydrogens is 320 g/mol. The maximum Gasteiger partial charge on any atom is 0.253 e. The summed E-state index contributed by atoms with van der Waals surface area (Å²) in [6.45, 7) is 4.20. The number of aromatic amines is 1. The molecule has 128 valence electrons. The second kappa shape index (κ2) is 7.83. The number of nitrogens with zero attached hydrogens (tertiary/aromatic N) is 2. The van der Waals surface area contributed by atoms with Crippen LogP contribution in [0.2, 0.25) is 0 Å². The standard InChI is InChI=1S/C18H24N4OS/c1-3-16(17(23)22-21-13-9-5-4-8-12(13)2)24-18-19-14-10-6-7-11-15(14)20-18/h6-7,10-12,16H,3-5,8-9H2,1-2H3,(H,19,20)(H,22,23)/t12-,16+/m0/s1. The minimum absolute atomic E-state index is 0.0479. The van der Waals surface area contributed by atoms with Gasteiger partial charge in [-0.25, -0.2) is 10.4 Å². The summed E-state index contributed by atoms with van der Waals surface area (Å²) in [5.41, 5.74) is 5.81. The van der Waals surface area contributed by atoms with E-state index in [9.17, 15) is 4.79 Å². The number of H-pyrrole nitrogens is 1. The number of carbonyl (C=O) groups is 1. The van der Waals surface area contributed by atoms with Gasteiger partial charge in [-0.05, 0) is 43.7 Å². The fourth-order valence-electron chi connectivity index (χ4n) is 2.98. The predicted molar refractivity (Wildman–Crippen MR) is 99.2 cm³/mol. The average Bonchev–Trinajstić information content (AvgIpc) is 3.01. The molecule has 0 aliphatic heterocycles. The van der Waals surface area contributed by atoms with Gasteiger partial charge in [0.15, 0.2) is 5.16 Å². The number of aromatic nitrogens is 2. The Kier molecular flexibility index (Phi) is 5.56. The van der Waals surface area contributed by atoms with Crippen molar-refractivity contribution in [3.8, 4) is 0 Å². The van der Waals surface area contributed by atoms with Gasteiger partial charge in [-0.2, -0.15) is 5.10 Å². The summed E-state index contributed by atoms with van der Waals surface area (Å²) in [5, 5.41) is 4.97. The SMILES string of the molecule is CC[C@@H](Sc1nc2ccccc2[nH]1)C(=O)NN=C1CCCC[C@@H]1C. The molecule has 1 amide bonds. The molecule has 1 aliphatic carbocycles. The molecule has 0 saturated heterocycles. The molecule has 0 bridgehead atoms. The number of fused-ring (bicyclic) bond motifs is 1. The number of carbonyl (C=O) groups excluding carboxylic acids is 1. The second-order valence-corrected chi connectivity index (χ2v) is 7.49. The van der Waals surface area contributed by atoms with Crippen LogP contribution in [0.15, 0.2) is 34.5 Å². The molecule has 1 fully saturated rings. The molecule has 2 N–H and O–H groups in total. The van der Waals surface area contributed by atoms with Gasteiger partial charge < -0.3 is 4.98 Å². The first-order valence-electron chi connectivity index (χ1n) is 8.65. The Morgan fingerprint density at radius 3 is 3.04 bits per heavy atom. The number of hydrogen-bond donors (Lipinski definition) is 2. The van der Waals surface area contributed by atoms with E-state index in [1.807, 2.05) is 31.2 Å². The van der Waals surface area contributed by atoms with Gasteiger partial charge in [-0.1, -0.05) is 44.2 Å². The summed E-state index contributed by atoms with van der Waals surface area (Å²) in [6.07, 6.45) is 5.32. The Balaban J connectivity index is 1.64. The van der Waals surface area contributed by atoms with E-state index in [1.165, 1.54) is 31.0 Å². The predicted octanol–water partition coefficient (Wildman–Crippen LogP) is 4.12. The van der Waals surface area contributed by atoms with Crippen LogP contribution >= 0.6 is 11.8 Å². The number of hydrazone groups is 1. The number of para-hydroxylation sites is 2. The number of hydrogen-bond acceptors (Lipinski definition) is 4. The van der Waals surface area contributed by atoms with E-state index < -0.39 is 0 Å². The fourth-order valence-corrected chi connectivity index (χ4v) is 3.89. The number of benzene rings is 1. The van der Waals surface area contributed by atoms with Crippen LogP contribution in [0.5, 0.6) is 0 Å². The Labute approximate surface area is 146 Å². The van der Waals surface area contributed by atoms with Gasteiger partial charge in [0.1, 0.15) is 0 Å². The van der Waals surface area contributed by atoms with Gasteiger partial charge in [0, 0.05) is 5.71 Å². The first-order valence-corrected chi connectivity index (χ1v) is 9.53. The first-order chi connectivity index (χ1) is 11.7. The molecule has 0 spiro atoms. The number of thioether (sulfide) groups is 1. The molecular formula is C18H24N4OS. The van der Waals surface area contributed by atoms with Crippen molar-refractivity contribution in [2.75, 3.05) is 0 Å². The van der Waals surface area contributed by atoms with Crippen LogP contribution in [0.1, 0.15) is 46.0 Å². The lowest BCUT2D eigenvalue weighted by molar-refractivity contribution is -0.120. The molecule has 2 atom stereocenters. The molecule has 1 heterocycles. The molecule has 2 aromatic rings. The maximum atomic E-state index is 12.5. The molecule has 1 aromatic heterocycles. The molecule has 0 radical (unpaired) electrons. The Bertz CT molecular complexity index is 706. The van der Waals surface area contributed by atoms with Crippen LogP contribution in [0.25, 0.3) is 11.0 Å². The summed E-state index contributed by atoms with van der Waals surface area (Å²) in [6, 6.07) is 7.89. The number of nitrogens with one attached hydrogen (secondary N) is 2. The molecule has 0 unspecified atom stereocenters. The topological polar surface area (TPSA) is 70.1 Å². The van der Waals surface area contributed by atoms with Crippen LogP contribution < -0.4 is 5.43 Å². The lowest BCUT2D eigenvalue weighted by Gasteiger charge is -2.20. The second-order valence-electron chi connectivity index (χ2n) is 6.30. The quantitative estimate of drug-likeness (QED) is 0.633. The smallest absolute Gasteiger partial charge is 0.253 e. The van der Waals surface area contributed by atoms with E-state index in [-0.39, 0.29) is 11.2 Å². The Morgan fingerprint density at radius 1 is 1.46 bits per heavy atom. The monoisotopic (exact) mass is 344 g/mol. The third-order valence-electron chi connectivity index (χ3n) is 4.48. The molecule has 5 nitrogen and oxygen atoms in total. The van der Waals surface area contributed by atoms with Gasteiger partial charge in [0.2, 0.25) is 0 Å². The van der Waals surface area contributed by atoms with Gasteiger partial charge in [-0.3, -0.25) is 4.79 Å². The van der Waals surface area contributed by atoms with Gasteiger partial charge in [0.05, 0.1) is 16.3 Å². The summed E-state index contributed by atoms with van der Waals surface area (Å²) >= 11 is 1.46. The number of imidazole rings is 1. The lowest BCUT2D eigenvalue weighted by Crippen LogP contribution is -2.31. The Hall–Kier alpha value is -1.82. The van der Waals surface area contributed by atoms with Crippen molar-refractivity contribution in [2.24, 2.45) is 11.0 Å². The zero-order chi connectivity index (χ0) is 16.9. The molecule has 24 heavy (non-hydrogen) atoms. The van der Waals surface area contributed by atoms with Gasteiger partial charge >= 0.3 is 0 Å². The highest BCUT2D eigenvalue weighted by Gasteiger charge is 2.21. The Morgan fingerprint density at radius 2 is 2.29 bits per heavy atom. The molecule has 3 rings (SSSR count). The lowest BCUT2D eigenvalue weighted by atomic mass is 9.89. The minimum atomic E-state index is -0.200. The van der Waals surface area contributed by atoms with Crippen molar-refractivity contribution in [3.05, 3.63) is 24.3 Å². The van der Waals surface area contributed by atoms with Crippen molar-refractivity contribution in [3.63, 3.8) is 0 Å². The van der Waals surface area contributed by atoms with E-state index in [2.05, 4.69) is 27.4 Å². The van der Waals surface area contributed by atoms with E-state index >= 15 is 0 Å². The average molecular weight is 344 g/mol. The zero-order valence-electron chi connectivity index (χ0n) is 14.2. The van der Waals surface area contributed by atoms with Gasteiger partial charge in [0.25, 0.3) is 5.91 Å². The maximum absolute atomic E-state index is 12.5. The normalized spacial score (nSPS) is 21.1. The van der Waals surface area contributed by atoms with E-state index in [0.29, 0.717) is 5.92 Å². The minimum Gasteiger partial charge on any atom is -0.333 e. The largest absolute Gasteiger partial charge is 0.333 e. The summed E-state index contributed by atoms with van der Waals surface area (Å²) in [5.74, 6) is 0.426. The number of amides is 1. The summed E-state index contributed by atoms with van der Waals surface area (Å²) in [7, 11) is 0. The number of rotatable bonds is 5. The fraction of sp³-hybridized carbons (Fsp3) is 0.500. The zero-order valence-corrected chi connectivity index (χ0v) is 15.0. The van der Waals surface area contributed by atoms with Crippen LogP contribution in [-0.4, -0.2) is 26.8 Å². The van der Waals surface area contributed by atoms with Crippen molar-refractivity contribution >= 4 is 34.4 Å². The van der Waals surface area contributed by atoms with Crippen molar-refractivity contribution < 1.29 is 4.79 Å². The van der Waals surface area contributed by atoms with Crippen LogP contribution in [0.4, 0.5) is 0 Å². The summed E-state index contributed by atoms with van der Waals surface area (Å²) < 4.78 is 0. The summed E-state index contributed by atoms with van der Waals surface area (Å²) in [4.78, 5) is 20.3.